The Bertz CT molecular complexity index is 526. The number of hydrogen-bond acceptors (Lipinski definition) is 3. The second kappa shape index (κ2) is 9.99. The first kappa shape index (κ1) is 21.7. The van der Waals surface area contributed by atoms with E-state index in [-0.39, 0.29) is 35.6 Å². The first-order valence-electron chi connectivity index (χ1n) is 8.74. The summed E-state index contributed by atoms with van der Waals surface area (Å²) in [4.78, 5) is 4.64. The van der Waals surface area contributed by atoms with Gasteiger partial charge in [-0.25, -0.2) is 8.42 Å². The molecule has 2 fully saturated rings. The molecule has 2 aliphatic rings. The minimum absolute atomic E-state index is 0. The number of guanidine groups is 1. The van der Waals surface area contributed by atoms with Crippen LogP contribution >= 0.6 is 24.0 Å². The van der Waals surface area contributed by atoms with Gasteiger partial charge < -0.3 is 10.6 Å². The number of halogens is 1. The molecule has 3 unspecified atom stereocenters. The van der Waals surface area contributed by atoms with Gasteiger partial charge in [0.05, 0.1) is 11.5 Å². The lowest BCUT2D eigenvalue weighted by Gasteiger charge is -2.33. The van der Waals surface area contributed by atoms with Crippen LogP contribution in [0.3, 0.4) is 0 Å². The zero-order chi connectivity index (χ0) is 16.9. The maximum atomic E-state index is 11.6. The Morgan fingerprint density at radius 1 is 1.25 bits per heavy atom. The molecule has 7 heteroatoms. The fourth-order valence-electron chi connectivity index (χ4n) is 3.82. The van der Waals surface area contributed by atoms with Gasteiger partial charge in [-0.2, -0.15) is 0 Å². The molecule has 1 aliphatic carbocycles. The second-order valence-corrected chi connectivity index (χ2v) is 9.62. The quantitative estimate of drug-likeness (QED) is 0.281. The molecule has 0 bridgehead atoms. The summed E-state index contributed by atoms with van der Waals surface area (Å²) in [5.41, 5.74) is 0. The predicted octanol–water partition coefficient (Wildman–Crippen LogP) is 2.59. The van der Waals surface area contributed by atoms with Gasteiger partial charge >= 0.3 is 0 Å². The Labute approximate surface area is 164 Å². The molecule has 0 radical (unpaired) electrons. The fourth-order valence-corrected chi connectivity index (χ4v) is 5.67. The summed E-state index contributed by atoms with van der Waals surface area (Å²) in [7, 11) is -2.83. The van der Waals surface area contributed by atoms with Crippen LogP contribution in [0.1, 0.15) is 39.5 Å². The van der Waals surface area contributed by atoms with Crippen LogP contribution in [-0.4, -0.2) is 45.0 Å². The second-order valence-electron chi connectivity index (χ2n) is 7.39. The lowest BCUT2D eigenvalue weighted by Crippen LogP contribution is -2.46. The average molecular weight is 469 g/mol. The molecule has 0 aromatic heterocycles. The molecule has 0 amide bonds. The molecule has 5 nitrogen and oxygen atoms in total. The molecule has 1 aliphatic heterocycles. The van der Waals surface area contributed by atoms with Crippen molar-refractivity contribution >= 4 is 39.8 Å². The summed E-state index contributed by atoms with van der Waals surface area (Å²) < 4.78 is 23.1. The van der Waals surface area contributed by atoms with Gasteiger partial charge in [-0.1, -0.05) is 19.9 Å². The maximum absolute atomic E-state index is 11.6. The van der Waals surface area contributed by atoms with E-state index >= 15 is 0 Å². The number of rotatable bonds is 5. The molecule has 0 aromatic carbocycles. The van der Waals surface area contributed by atoms with Crippen molar-refractivity contribution in [3.05, 3.63) is 12.7 Å². The number of aliphatic imine (C=N–C) groups is 1. The lowest BCUT2D eigenvalue weighted by molar-refractivity contribution is 0.255. The number of nitrogens with one attached hydrogen (secondary N) is 2. The zero-order valence-corrected chi connectivity index (χ0v) is 18.0. The topological polar surface area (TPSA) is 70.6 Å². The van der Waals surface area contributed by atoms with Crippen LogP contribution in [0.4, 0.5) is 0 Å². The Balaban J connectivity index is 0.00000288. The SMILES string of the molecule is C=CCNC(=NCC1CCS(=O)(=O)C1)NC1CC(C)CC(C)C1.I. The maximum Gasteiger partial charge on any atom is 0.191 e. The number of sulfone groups is 1. The van der Waals surface area contributed by atoms with E-state index in [0.717, 1.165) is 37.1 Å². The normalized spacial score (nSPS) is 32.7. The first-order chi connectivity index (χ1) is 10.9. The predicted molar refractivity (Wildman–Crippen MR) is 112 cm³/mol. The lowest BCUT2D eigenvalue weighted by atomic mass is 9.80. The largest absolute Gasteiger partial charge is 0.354 e. The third-order valence-corrected chi connectivity index (χ3v) is 6.60. The van der Waals surface area contributed by atoms with Crippen molar-refractivity contribution in [1.82, 2.24) is 10.6 Å². The summed E-state index contributed by atoms with van der Waals surface area (Å²) in [6.07, 6.45) is 6.17. The van der Waals surface area contributed by atoms with Crippen molar-refractivity contribution in [2.45, 2.75) is 45.6 Å². The van der Waals surface area contributed by atoms with E-state index in [2.05, 4.69) is 36.1 Å². The monoisotopic (exact) mass is 469 g/mol. The highest BCUT2D eigenvalue weighted by atomic mass is 127. The van der Waals surface area contributed by atoms with Gasteiger partial charge in [0.25, 0.3) is 0 Å². The standard InChI is InChI=1S/C17H31N3O2S.HI/c1-4-6-18-17(19-11-15-5-7-23(21,22)12-15)20-16-9-13(2)8-14(3)10-16;/h4,13-16H,1,5-12H2,2-3H3,(H2,18,19,20);1H. The van der Waals surface area contributed by atoms with E-state index in [9.17, 15) is 8.42 Å². The smallest absolute Gasteiger partial charge is 0.191 e. The molecule has 1 heterocycles. The average Bonchev–Trinajstić information content (AvgIpc) is 2.80. The van der Waals surface area contributed by atoms with E-state index in [1.165, 1.54) is 6.42 Å². The third kappa shape index (κ3) is 7.29. The Hall–Kier alpha value is -0.310. The summed E-state index contributed by atoms with van der Waals surface area (Å²) in [6.45, 7) is 9.58. The van der Waals surface area contributed by atoms with Crippen molar-refractivity contribution < 1.29 is 8.42 Å². The van der Waals surface area contributed by atoms with Gasteiger partial charge in [-0.3, -0.25) is 4.99 Å². The van der Waals surface area contributed by atoms with E-state index in [1.807, 2.05) is 6.08 Å². The fraction of sp³-hybridized carbons (Fsp3) is 0.824. The van der Waals surface area contributed by atoms with Gasteiger partial charge in [-0.05, 0) is 43.4 Å². The zero-order valence-electron chi connectivity index (χ0n) is 14.8. The van der Waals surface area contributed by atoms with Crippen LogP contribution in [0, 0.1) is 17.8 Å². The van der Waals surface area contributed by atoms with Gasteiger partial charge in [-0.15, -0.1) is 30.6 Å². The summed E-state index contributed by atoms with van der Waals surface area (Å²) in [5, 5.41) is 6.80. The Morgan fingerprint density at radius 3 is 2.46 bits per heavy atom. The highest BCUT2D eigenvalue weighted by Crippen LogP contribution is 2.28. The van der Waals surface area contributed by atoms with Crippen LogP contribution in [0.5, 0.6) is 0 Å². The summed E-state index contributed by atoms with van der Waals surface area (Å²) in [6, 6.07) is 0.442. The highest BCUT2D eigenvalue weighted by molar-refractivity contribution is 14.0. The van der Waals surface area contributed by atoms with E-state index in [4.69, 9.17) is 0 Å². The summed E-state index contributed by atoms with van der Waals surface area (Å²) in [5.74, 6) is 3.01. The molecule has 24 heavy (non-hydrogen) atoms. The minimum atomic E-state index is -2.83. The van der Waals surface area contributed by atoms with Crippen LogP contribution < -0.4 is 10.6 Å². The molecule has 0 aromatic rings. The molecule has 2 rings (SSSR count). The minimum Gasteiger partial charge on any atom is -0.354 e. The van der Waals surface area contributed by atoms with Gasteiger partial charge in [0.2, 0.25) is 0 Å². The van der Waals surface area contributed by atoms with Crippen molar-refractivity contribution in [2.75, 3.05) is 24.6 Å². The molecule has 3 atom stereocenters. The molecule has 2 N–H and O–H groups in total. The number of hydrogen-bond donors (Lipinski definition) is 2. The van der Waals surface area contributed by atoms with Crippen molar-refractivity contribution in [3.63, 3.8) is 0 Å². The van der Waals surface area contributed by atoms with Gasteiger partial charge in [0, 0.05) is 19.1 Å². The van der Waals surface area contributed by atoms with Crippen molar-refractivity contribution in [2.24, 2.45) is 22.7 Å². The molecular formula is C17H32IN3O2S. The van der Waals surface area contributed by atoms with Crippen LogP contribution in [0.25, 0.3) is 0 Å². The van der Waals surface area contributed by atoms with Crippen molar-refractivity contribution in [1.29, 1.82) is 0 Å². The van der Waals surface area contributed by atoms with E-state index in [0.29, 0.717) is 24.9 Å². The molecular weight excluding hydrogens is 437 g/mol. The van der Waals surface area contributed by atoms with Crippen LogP contribution in [0.2, 0.25) is 0 Å². The van der Waals surface area contributed by atoms with Crippen molar-refractivity contribution in [3.8, 4) is 0 Å². The molecule has 1 saturated carbocycles. The van der Waals surface area contributed by atoms with Gasteiger partial charge in [0.15, 0.2) is 15.8 Å². The summed E-state index contributed by atoms with van der Waals surface area (Å²) >= 11 is 0. The molecule has 0 spiro atoms. The first-order valence-corrected chi connectivity index (χ1v) is 10.6. The van der Waals surface area contributed by atoms with Crippen LogP contribution in [-0.2, 0) is 9.84 Å². The third-order valence-electron chi connectivity index (χ3n) is 4.77. The number of nitrogens with zero attached hydrogens (tertiary/aromatic N) is 1. The van der Waals surface area contributed by atoms with E-state index in [1.54, 1.807) is 0 Å². The Kier molecular flexibility index (Phi) is 9.05. The Morgan fingerprint density at radius 2 is 1.92 bits per heavy atom. The van der Waals surface area contributed by atoms with Crippen LogP contribution in [0.15, 0.2) is 17.6 Å². The highest BCUT2D eigenvalue weighted by Gasteiger charge is 2.28. The molecule has 140 valence electrons. The van der Waals surface area contributed by atoms with E-state index < -0.39 is 9.84 Å². The molecule has 1 saturated heterocycles. The van der Waals surface area contributed by atoms with Gasteiger partial charge in [0.1, 0.15) is 0 Å².